The van der Waals surface area contributed by atoms with Crippen molar-refractivity contribution in [2.24, 2.45) is 0 Å². The molecule has 0 saturated heterocycles. The van der Waals surface area contributed by atoms with Gasteiger partial charge >= 0.3 is 0 Å². The lowest BCUT2D eigenvalue weighted by Gasteiger charge is -2.25. The maximum Gasteiger partial charge on any atom is 0.219 e. The second-order valence-corrected chi connectivity index (χ2v) is 6.29. The summed E-state index contributed by atoms with van der Waals surface area (Å²) in [6.45, 7) is 0. The van der Waals surface area contributed by atoms with Crippen molar-refractivity contribution in [2.75, 3.05) is 10.6 Å². The third-order valence-electron chi connectivity index (χ3n) is 4.74. The Labute approximate surface area is 143 Å². The van der Waals surface area contributed by atoms with Crippen LogP contribution >= 0.6 is 0 Å². The van der Waals surface area contributed by atoms with Crippen LogP contribution in [0.25, 0.3) is 10.9 Å². The van der Waals surface area contributed by atoms with Crippen molar-refractivity contribution in [3.8, 4) is 0 Å². The molecule has 124 valence electrons. The van der Waals surface area contributed by atoms with Gasteiger partial charge in [-0.25, -0.2) is 4.63 Å². The summed E-state index contributed by atoms with van der Waals surface area (Å²) < 4.78 is 4.84. The average Bonchev–Trinajstić information content (AvgIpc) is 3.00. The van der Waals surface area contributed by atoms with Gasteiger partial charge in [-0.1, -0.05) is 12.1 Å². The van der Waals surface area contributed by atoms with Crippen molar-refractivity contribution in [3.05, 3.63) is 53.4 Å². The molecule has 3 aromatic rings. The van der Waals surface area contributed by atoms with Crippen molar-refractivity contribution in [2.45, 2.75) is 25.3 Å². The Hall–Kier alpha value is -3.22. The maximum absolute atomic E-state index is 12.7. The molecule has 3 heterocycles. The summed E-state index contributed by atoms with van der Waals surface area (Å²) in [4.78, 5) is 17.0. The Balaban J connectivity index is 1.69. The number of Topliss-reactive ketones (excluding diaryl/α,β-unsaturated/α-hetero) is 1. The lowest BCUT2D eigenvalue weighted by molar-refractivity contribution is -0.116. The SMILES string of the molecule is O=C1CCCC2=C1C(c1ccc3ncccc3c1)Nc1nonc1N2. The molecule has 7 heteroatoms. The van der Waals surface area contributed by atoms with Gasteiger partial charge in [0.05, 0.1) is 11.6 Å². The zero-order valence-electron chi connectivity index (χ0n) is 13.3. The van der Waals surface area contributed by atoms with Crippen molar-refractivity contribution >= 4 is 28.3 Å². The van der Waals surface area contributed by atoms with Crippen LogP contribution in [0.15, 0.2) is 52.4 Å². The molecule has 1 aliphatic carbocycles. The third-order valence-corrected chi connectivity index (χ3v) is 4.74. The fraction of sp³-hybridized carbons (Fsp3) is 0.222. The molecule has 1 aliphatic heterocycles. The molecule has 25 heavy (non-hydrogen) atoms. The van der Waals surface area contributed by atoms with Crippen LogP contribution in [0.1, 0.15) is 30.9 Å². The zero-order valence-corrected chi connectivity index (χ0v) is 13.3. The highest BCUT2D eigenvalue weighted by Gasteiger charge is 2.33. The van der Waals surface area contributed by atoms with Gasteiger partial charge < -0.3 is 10.6 Å². The molecule has 0 amide bonds. The first-order chi connectivity index (χ1) is 12.3. The van der Waals surface area contributed by atoms with Crippen LogP contribution in [-0.2, 0) is 4.79 Å². The van der Waals surface area contributed by atoms with Crippen molar-refractivity contribution < 1.29 is 9.42 Å². The molecule has 1 atom stereocenters. The summed E-state index contributed by atoms with van der Waals surface area (Å²) in [7, 11) is 0. The number of benzene rings is 1. The van der Waals surface area contributed by atoms with E-state index < -0.39 is 0 Å². The lowest BCUT2D eigenvalue weighted by atomic mass is 9.86. The van der Waals surface area contributed by atoms with E-state index in [0.29, 0.717) is 18.1 Å². The van der Waals surface area contributed by atoms with E-state index in [1.54, 1.807) is 6.20 Å². The van der Waals surface area contributed by atoms with E-state index in [9.17, 15) is 4.79 Å². The standard InChI is InChI=1S/C18H15N5O2/c24-14-5-1-4-13-15(14)16(21-18-17(20-13)22-25-23-18)11-6-7-12-10(9-11)3-2-8-19-12/h2-3,6-9,16H,1,4-5H2,(H,20,22)(H,21,23). The van der Waals surface area contributed by atoms with Crippen LogP contribution in [0.4, 0.5) is 11.6 Å². The minimum Gasteiger partial charge on any atom is -0.353 e. The van der Waals surface area contributed by atoms with Gasteiger partial charge in [-0.05, 0) is 46.9 Å². The van der Waals surface area contributed by atoms with Gasteiger partial charge in [0.1, 0.15) is 0 Å². The van der Waals surface area contributed by atoms with Crippen LogP contribution < -0.4 is 10.6 Å². The molecule has 7 nitrogen and oxygen atoms in total. The fourth-order valence-corrected chi connectivity index (χ4v) is 3.57. The molecule has 1 aromatic carbocycles. The fourth-order valence-electron chi connectivity index (χ4n) is 3.57. The number of aromatic nitrogens is 3. The number of nitrogens with zero attached hydrogens (tertiary/aromatic N) is 3. The molecule has 2 aliphatic rings. The lowest BCUT2D eigenvalue weighted by Crippen LogP contribution is -2.23. The van der Waals surface area contributed by atoms with Gasteiger partial charge in [-0.3, -0.25) is 9.78 Å². The van der Waals surface area contributed by atoms with Gasteiger partial charge in [-0.15, -0.1) is 0 Å². The first-order valence-electron chi connectivity index (χ1n) is 8.26. The minimum absolute atomic E-state index is 0.152. The van der Waals surface area contributed by atoms with Crippen LogP contribution in [0, 0.1) is 0 Å². The number of anilines is 2. The number of pyridine rings is 1. The van der Waals surface area contributed by atoms with Crippen molar-refractivity contribution in [3.63, 3.8) is 0 Å². The molecule has 1 unspecified atom stereocenters. The summed E-state index contributed by atoms with van der Waals surface area (Å²) in [5, 5.41) is 15.4. The highest BCUT2D eigenvalue weighted by molar-refractivity contribution is 6.00. The van der Waals surface area contributed by atoms with Crippen LogP contribution in [0.3, 0.4) is 0 Å². The number of carbonyl (C=O) groups excluding carboxylic acids is 1. The van der Waals surface area contributed by atoms with E-state index in [4.69, 9.17) is 4.63 Å². The molecular formula is C18H15N5O2. The number of carbonyl (C=O) groups is 1. The molecular weight excluding hydrogens is 318 g/mol. The number of hydrogen-bond acceptors (Lipinski definition) is 7. The monoisotopic (exact) mass is 333 g/mol. The summed E-state index contributed by atoms with van der Waals surface area (Å²) >= 11 is 0. The van der Waals surface area contributed by atoms with E-state index in [-0.39, 0.29) is 11.8 Å². The van der Waals surface area contributed by atoms with E-state index in [1.165, 1.54) is 0 Å². The first kappa shape index (κ1) is 14.2. The summed E-state index contributed by atoms with van der Waals surface area (Å²) in [6, 6.07) is 9.66. The van der Waals surface area contributed by atoms with E-state index >= 15 is 0 Å². The number of fused-ring (bicyclic) bond motifs is 2. The molecule has 0 bridgehead atoms. The van der Waals surface area contributed by atoms with Gasteiger partial charge in [0.25, 0.3) is 0 Å². The predicted molar refractivity (Wildman–Crippen MR) is 91.9 cm³/mol. The molecule has 0 fully saturated rings. The third kappa shape index (κ3) is 2.27. The number of rotatable bonds is 1. The topological polar surface area (TPSA) is 92.9 Å². The molecule has 0 saturated carbocycles. The van der Waals surface area contributed by atoms with Gasteiger partial charge in [-0.2, -0.15) is 0 Å². The van der Waals surface area contributed by atoms with E-state index in [0.717, 1.165) is 40.6 Å². The Bertz CT molecular complexity index is 1020. The normalized spacial score (nSPS) is 19.7. The quantitative estimate of drug-likeness (QED) is 0.706. The average molecular weight is 333 g/mol. The number of hydrogen-bond donors (Lipinski definition) is 2. The molecule has 0 spiro atoms. The minimum atomic E-state index is -0.298. The second-order valence-electron chi connectivity index (χ2n) is 6.29. The molecule has 5 rings (SSSR count). The van der Waals surface area contributed by atoms with Crippen LogP contribution in [0.5, 0.6) is 0 Å². The highest BCUT2D eigenvalue weighted by atomic mass is 16.6. The second kappa shape index (κ2) is 5.41. The number of allylic oxidation sites excluding steroid dienone is 1. The predicted octanol–water partition coefficient (Wildman–Crippen LogP) is 3.20. The Morgan fingerprint density at radius 3 is 3.00 bits per heavy atom. The van der Waals surface area contributed by atoms with Gasteiger partial charge in [0.15, 0.2) is 5.78 Å². The van der Waals surface area contributed by atoms with Crippen LogP contribution in [0.2, 0.25) is 0 Å². The highest BCUT2D eigenvalue weighted by Crippen LogP contribution is 2.39. The molecule has 0 radical (unpaired) electrons. The Morgan fingerprint density at radius 1 is 1.12 bits per heavy atom. The maximum atomic E-state index is 12.7. The Kier molecular flexibility index (Phi) is 3.06. The van der Waals surface area contributed by atoms with Crippen LogP contribution in [-0.4, -0.2) is 21.1 Å². The number of nitrogens with one attached hydrogen (secondary N) is 2. The first-order valence-corrected chi connectivity index (χ1v) is 8.26. The molecule has 2 aromatic heterocycles. The van der Waals surface area contributed by atoms with E-state index in [1.807, 2.05) is 24.3 Å². The Morgan fingerprint density at radius 2 is 2.04 bits per heavy atom. The largest absolute Gasteiger partial charge is 0.353 e. The van der Waals surface area contributed by atoms with E-state index in [2.05, 4.69) is 32.0 Å². The smallest absolute Gasteiger partial charge is 0.219 e. The summed E-state index contributed by atoms with van der Waals surface area (Å²) in [5.41, 5.74) is 3.57. The van der Waals surface area contributed by atoms with Crippen molar-refractivity contribution in [1.29, 1.82) is 0 Å². The van der Waals surface area contributed by atoms with Gasteiger partial charge in [0.2, 0.25) is 11.6 Å². The zero-order chi connectivity index (χ0) is 16.8. The summed E-state index contributed by atoms with van der Waals surface area (Å²) in [5.74, 6) is 1.19. The number of ketones is 1. The van der Waals surface area contributed by atoms with Gasteiger partial charge in [0, 0.05) is 29.3 Å². The molecule has 2 N–H and O–H groups in total. The van der Waals surface area contributed by atoms with Crippen molar-refractivity contribution in [1.82, 2.24) is 15.3 Å². The summed E-state index contributed by atoms with van der Waals surface area (Å²) in [6.07, 6.45) is 3.97.